The van der Waals surface area contributed by atoms with E-state index in [-0.39, 0.29) is 18.5 Å². The van der Waals surface area contributed by atoms with Crippen LogP contribution in [0.4, 0.5) is 10.5 Å². The second-order valence-corrected chi connectivity index (χ2v) is 6.85. The highest BCUT2D eigenvalue weighted by Crippen LogP contribution is 2.30. The molecule has 1 saturated heterocycles. The van der Waals surface area contributed by atoms with E-state index in [0.29, 0.717) is 44.0 Å². The molecule has 0 spiro atoms. The summed E-state index contributed by atoms with van der Waals surface area (Å²) in [5.41, 5.74) is 0.0208. The normalized spacial score (nSPS) is 19.0. The molecular weight excluding hydrogens is 350 g/mol. The summed E-state index contributed by atoms with van der Waals surface area (Å²) in [6.45, 7) is 5.86. The molecule has 0 bridgehead atoms. The Morgan fingerprint density at radius 3 is 2.78 bits per heavy atom. The van der Waals surface area contributed by atoms with Crippen LogP contribution < -0.4 is 10.6 Å². The standard InChI is InChI=1S/C19H27N3O5/c1-3-27-11-5-9-20-16(23)14-6-4-7-15(12-14)21-18(26)22-10-8-19(2,13-22)17(24)25/h4,6-7,12H,3,5,8-11,13H2,1-2H3,(H,20,23)(H,21,26)(H,24,25). The van der Waals surface area contributed by atoms with E-state index in [2.05, 4.69) is 10.6 Å². The molecule has 3 amide bonds. The third-order valence-corrected chi connectivity index (χ3v) is 4.61. The molecular formula is C19H27N3O5. The first-order chi connectivity index (χ1) is 12.9. The number of rotatable bonds is 8. The van der Waals surface area contributed by atoms with Crippen molar-refractivity contribution in [1.82, 2.24) is 10.2 Å². The molecule has 0 saturated carbocycles. The Labute approximate surface area is 158 Å². The van der Waals surface area contributed by atoms with Gasteiger partial charge in [-0.2, -0.15) is 0 Å². The van der Waals surface area contributed by atoms with Gasteiger partial charge < -0.3 is 25.4 Å². The number of hydrogen-bond acceptors (Lipinski definition) is 4. The van der Waals surface area contributed by atoms with Crippen LogP contribution in [0.15, 0.2) is 24.3 Å². The molecule has 0 aliphatic carbocycles. The minimum Gasteiger partial charge on any atom is -0.481 e. The highest BCUT2D eigenvalue weighted by Gasteiger charge is 2.42. The minimum absolute atomic E-state index is 0.161. The summed E-state index contributed by atoms with van der Waals surface area (Å²) in [6, 6.07) is 6.29. The maximum Gasteiger partial charge on any atom is 0.321 e. The Balaban J connectivity index is 1.89. The quantitative estimate of drug-likeness (QED) is 0.602. The molecule has 1 aromatic rings. The monoisotopic (exact) mass is 377 g/mol. The van der Waals surface area contributed by atoms with E-state index in [1.807, 2.05) is 6.92 Å². The largest absolute Gasteiger partial charge is 0.481 e. The van der Waals surface area contributed by atoms with Crippen LogP contribution in [0.3, 0.4) is 0 Å². The number of likely N-dealkylation sites (tertiary alicyclic amines) is 1. The number of anilines is 1. The molecule has 1 aliphatic heterocycles. The van der Waals surface area contributed by atoms with Crippen LogP contribution in [0.1, 0.15) is 37.0 Å². The predicted molar refractivity (Wildman–Crippen MR) is 101 cm³/mol. The number of carbonyl (C=O) groups is 3. The Morgan fingerprint density at radius 2 is 2.11 bits per heavy atom. The van der Waals surface area contributed by atoms with Crippen LogP contribution in [0.25, 0.3) is 0 Å². The summed E-state index contributed by atoms with van der Waals surface area (Å²) in [5.74, 6) is -1.12. The van der Waals surface area contributed by atoms with Crippen LogP contribution in [-0.2, 0) is 9.53 Å². The summed E-state index contributed by atoms with van der Waals surface area (Å²) in [4.78, 5) is 37.4. The Bertz CT molecular complexity index is 694. The van der Waals surface area contributed by atoms with Gasteiger partial charge in [-0.25, -0.2) is 4.79 Å². The lowest BCUT2D eigenvalue weighted by atomic mass is 9.90. The molecule has 0 aromatic heterocycles. The zero-order valence-corrected chi connectivity index (χ0v) is 15.8. The maximum absolute atomic E-state index is 12.4. The molecule has 3 N–H and O–H groups in total. The Kier molecular flexibility index (Phi) is 7.18. The van der Waals surface area contributed by atoms with Crippen molar-refractivity contribution in [3.63, 3.8) is 0 Å². The van der Waals surface area contributed by atoms with Gasteiger partial charge in [-0.05, 0) is 44.9 Å². The topological polar surface area (TPSA) is 108 Å². The second kappa shape index (κ2) is 9.36. The number of ether oxygens (including phenoxy) is 1. The van der Waals surface area contributed by atoms with Gasteiger partial charge in [0.15, 0.2) is 0 Å². The number of nitrogens with one attached hydrogen (secondary N) is 2. The molecule has 2 rings (SSSR count). The van der Waals surface area contributed by atoms with Gasteiger partial charge in [-0.1, -0.05) is 6.07 Å². The third-order valence-electron chi connectivity index (χ3n) is 4.61. The minimum atomic E-state index is -0.916. The average molecular weight is 377 g/mol. The highest BCUT2D eigenvalue weighted by molar-refractivity contribution is 5.97. The first kappa shape index (κ1) is 20.7. The fourth-order valence-corrected chi connectivity index (χ4v) is 2.87. The molecule has 0 radical (unpaired) electrons. The molecule has 1 aromatic carbocycles. The molecule has 8 nitrogen and oxygen atoms in total. The summed E-state index contributed by atoms with van der Waals surface area (Å²) < 4.78 is 5.22. The maximum atomic E-state index is 12.4. The van der Waals surface area contributed by atoms with Crippen LogP contribution in [0.5, 0.6) is 0 Å². The van der Waals surface area contributed by atoms with Gasteiger partial charge in [-0.15, -0.1) is 0 Å². The average Bonchev–Trinajstić information content (AvgIpc) is 3.05. The van der Waals surface area contributed by atoms with Crippen molar-refractivity contribution in [2.45, 2.75) is 26.7 Å². The number of nitrogens with zero attached hydrogens (tertiary/aromatic N) is 1. The van der Waals surface area contributed by atoms with E-state index in [9.17, 15) is 19.5 Å². The lowest BCUT2D eigenvalue weighted by molar-refractivity contribution is -0.146. The van der Waals surface area contributed by atoms with Gasteiger partial charge in [0.05, 0.1) is 5.41 Å². The lowest BCUT2D eigenvalue weighted by Gasteiger charge is -2.20. The third kappa shape index (κ3) is 5.68. The molecule has 148 valence electrons. The summed E-state index contributed by atoms with van der Waals surface area (Å²) in [5, 5.41) is 14.8. The Morgan fingerprint density at radius 1 is 1.33 bits per heavy atom. The van der Waals surface area contributed by atoms with Gasteiger partial charge in [0.1, 0.15) is 0 Å². The number of carbonyl (C=O) groups excluding carboxylic acids is 2. The smallest absolute Gasteiger partial charge is 0.321 e. The van der Waals surface area contributed by atoms with Crippen molar-refractivity contribution in [2.75, 3.05) is 38.2 Å². The van der Waals surface area contributed by atoms with Gasteiger partial charge >= 0.3 is 12.0 Å². The van der Waals surface area contributed by atoms with Crippen molar-refractivity contribution in [1.29, 1.82) is 0 Å². The van der Waals surface area contributed by atoms with Crippen LogP contribution in [-0.4, -0.2) is 60.8 Å². The van der Waals surface area contributed by atoms with E-state index in [4.69, 9.17) is 4.74 Å². The van der Waals surface area contributed by atoms with Crippen molar-refractivity contribution in [3.05, 3.63) is 29.8 Å². The number of benzene rings is 1. The molecule has 1 aliphatic rings. The number of hydrogen-bond donors (Lipinski definition) is 3. The first-order valence-corrected chi connectivity index (χ1v) is 9.11. The molecule has 1 heterocycles. The number of amides is 3. The summed E-state index contributed by atoms with van der Waals surface area (Å²) in [6.07, 6.45) is 1.15. The fraction of sp³-hybridized carbons (Fsp3) is 0.526. The highest BCUT2D eigenvalue weighted by atomic mass is 16.5. The predicted octanol–water partition coefficient (Wildman–Crippen LogP) is 2.17. The zero-order chi connectivity index (χ0) is 19.9. The van der Waals surface area contributed by atoms with Gasteiger partial charge in [0.2, 0.25) is 0 Å². The number of carboxylic acids is 1. The molecule has 27 heavy (non-hydrogen) atoms. The summed E-state index contributed by atoms with van der Waals surface area (Å²) >= 11 is 0. The van der Waals surface area contributed by atoms with Crippen molar-refractivity contribution < 1.29 is 24.2 Å². The zero-order valence-electron chi connectivity index (χ0n) is 15.8. The van der Waals surface area contributed by atoms with Crippen molar-refractivity contribution in [3.8, 4) is 0 Å². The second-order valence-electron chi connectivity index (χ2n) is 6.85. The van der Waals surface area contributed by atoms with Crippen molar-refractivity contribution >= 4 is 23.6 Å². The van der Waals surface area contributed by atoms with Crippen LogP contribution >= 0.6 is 0 Å². The molecule has 1 unspecified atom stereocenters. The SMILES string of the molecule is CCOCCCNC(=O)c1cccc(NC(=O)N2CCC(C)(C(=O)O)C2)c1. The fourth-order valence-electron chi connectivity index (χ4n) is 2.87. The Hall–Kier alpha value is -2.61. The van der Waals surface area contributed by atoms with E-state index in [1.165, 1.54) is 4.90 Å². The molecule has 1 atom stereocenters. The van der Waals surface area contributed by atoms with Crippen LogP contribution in [0, 0.1) is 5.41 Å². The van der Waals surface area contributed by atoms with E-state index >= 15 is 0 Å². The summed E-state index contributed by atoms with van der Waals surface area (Å²) in [7, 11) is 0. The van der Waals surface area contributed by atoms with Crippen molar-refractivity contribution in [2.24, 2.45) is 5.41 Å². The number of urea groups is 1. The van der Waals surface area contributed by atoms with Gasteiger partial charge in [0.25, 0.3) is 5.91 Å². The number of carboxylic acid groups (broad SMARTS) is 1. The van der Waals surface area contributed by atoms with E-state index in [1.54, 1.807) is 31.2 Å². The number of aliphatic carboxylic acids is 1. The van der Waals surface area contributed by atoms with Gasteiger partial charge in [0, 0.05) is 44.1 Å². The van der Waals surface area contributed by atoms with Gasteiger partial charge in [-0.3, -0.25) is 9.59 Å². The first-order valence-electron chi connectivity index (χ1n) is 9.11. The van der Waals surface area contributed by atoms with E-state index in [0.717, 1.165) is 6.42 Å². The van der Waals surface area contributed by atoms with E-state index < -0.39 is 11.4 Å². The molecule has 8 heteroatoms. The van der Waals surface area contributed by atoms with Crippen LogP contribution in [0.2, 0.25) is 0 Å². The molecule has 1 fully saturated rings. The lowest BCUT2D eigenvalue weighted by Crippen LogP contribution is -2.37.